The van der Waals surface area contributed by atoms with E-state index in [-0.39, 0.29) is 43.2 Å². The van der Waals surface area contributed by atoms with Crippen molar-refractivity contribution in [1.29, 1.82) is 0 Å². The van der Waals surface area contributed by atoms with Gasteiger partial charge in [-0.25, -0.2) is 0 Å². The van der Waals surface area contributed by atoms with E-state index in [1.165, 1.54) is 11.3 Å². The molecule has 188 valence electrons. The number of ketones is 1. The first-order valence-corrected chi connectivity index (χ1v) is 11.8. The van der Waals surface area contributed by atoms with Crippen LogP contribution in [0.3, 0.4) is 0 Å². The Hall–Kier alpha value is -1.71. The molecule has 0 aromatic heterocycles. The number of hydrogen-bond donors (Lipinski definition) is 3. The third kappa shape index (κ3) is 11.3. The van der Waals surface area contributed by atoms with E-state index >= 15 is 0 Å². The number of ether oxygens (including phenoxy) is 2. The number of rotatable bonds is 17. The number of methoxy groups -OCH3 is 1. The second-order valence-electron chi connectivity index (χ2n) is 8.70. The zero-order chi connectivity index (χ0) is 24.8. The van der Waals surface area contributed by atoms with E-state index in [0.29, 0.717) is 30.9 Å². The van der Waals surface area contributed by atoms with Crippen LogP contribution in [-0.2, 0) is 9.53 Å². The molecular formula is C24H40ClN3O5. The van der Waals surface area contributed by atoms with Crippen LogP contribution in [0.1, 0.15) is 50.4 Å². The zero-order valence-corrected chi connectivity index (χ0v) is 21.0. The predicted octanol–water partition coefficient (Wildman–Crippen LogP) is 2.62. The number of unbranched alkanes of at least 4 members (excludes halogenated alkanes) is 1. The minimum Gasteiger partial charge on any atom is -0.493 e. The fraction of sp³-hybridized carbons (Fsp3) is 0.667. The zero-order valence-electron chi connectivity index (χ0n) is 20.3. The maximum absolute atomic E-state index is 13.1. The van der Waals surface area contributed by atoms with Gasteiger partial charge in [-0.3, -0.25) is 14.0 Å². The number of para-hydroxylation sites is 1. The average Bonchev–Trinajstić information content (AvgIpc) is 2.77. The van der Waals surface area contributed by atoms with Gasteiger partial charge < -0.3 is 25.6 Å². The van der Waals surface area contributed by atoms with Gasteiger partial charge in [0.05, 0.1) is 24.8 Å². The van der Waals surface area contributed by atoms with Crippen LogP contribution in [-0.4, -0.2) is 73.3 Å². The second-order valence-corrected chi connectivity index (χ2v) is 9.11. The van der Waals surface area contributed by atoms with E-state index in [1.807, 2.05) is 19.9 Å². The maximum Gasteiger partial charge on any atom is 0.271 e. The van der Waals surface area contributed by atoms with E-state index in [4.69, 9.17) is 27.0 Å². The van der Waals surface area contributed by atoms with Crippen molar-refractivity contribution < 1.29 is 24.2 Å². The van der Waals surface area contributed by atoms with Crippen LogP contribution in [0.25, 0.3) is 0 Å². The van der Waals surface area contributed by atoms with Gasteiger partial charge in [-0.2, -0.15) is 0 Å². The molecule has 1 rings (SSSR count). The van der Waals surface area contributed by atoms with Crippen molar-refractivity contribution in [2.75, 3.05) is 40.0 Å². The van der Waals surface area contributed by atoms with Crippen molar-refractivity contribution in [3.63, 3.8) is 0 Å². The lowest BCUT2D eigenvalue weighted by Gasteiger charge is -2.29. The van der Waals surface area contributed by atoms with Gasteiger partial charge in [0.15, 0.2) is 0 Å². The number of aliphatic hydroxyl groups excluding tert-OH is 1. The molecule has 1 aromatic rings. The summed E-state index contributed by atoms with van der Waals surface area (Å²) in [6.07, 6.45) is 1.37. The monoisotopic (exact) mass is 485 g/mol. The Morgan fingerprint density at radius 3 is 2.52 bits per heavy atom. The van der Waals surface area contributed by atoms with Crippen LogP contribution in [0.4, 0.5) is 0 Å². The fourth-order valence-corrected chi connectivity index (χ4v) is 3.60. The average molecular weight is 486 g/mol. The first-order valence-electron chi connectivity index (χ1n) is 11.5. The third-order valence-corrected chi connectivity index (χ3v) is 5.76. The van der Waals surface area contributed by atoms with Crippen LogP contribution in [0.2, 0.25) is 0 Å². The molecule has 0 bridgehead atoms. The van der Waals surface area contributed by atoms with Crippen molar-refractivity contribution in [3.8, 4) is 5.75 Å². The first kappa shape index (κ1) is 29.3. The molecule has 0 unspecified atom stereocenters. The van der Waals surface area contributed by atoms with Crippen molar-refractivity contribution in [2.24, 2.45) is 17.6 Å². The fourth-order valence-electron chi connectivity index (χ4n) is 3.33. The molecule has 0 aliphatic rings. The topological polar surface area (TPSA) is 114 Å². The number of carbonyl (C=O) groups excluding carboxylic acids is 2. The van der Waals surface area contributed by atoms with E-state index < -0.39 is 12.1 Å². The minimum atomic E-state index is -0.808. The van der Waals surface area contributed by atoms with Crippen molar-refractivity contribution in [1.82, 2.24) is 9.74 Å². The first-order chi connectivity index (χ1) is 15.7. The Labute approximate surface area is 202 Å². The summed E-state index contributed by atoms with van der Waals surface area (Å²) in [7, 11) is 1.66. The molecule has 0 fully saturated rings. The third-order valence-electron chi connectivity index (χ3n) is 5.47. The number of aliphatic hydroxyl groups is 1. The Balaban J connectivity index is 2.71. The number of nitrogens with zero attached hydrogens (tertiary/aromatic N) is 1. The van der Waals surface area contributed by atoms with Gasteiger partial charge in [-0.15, -0.1) is 0 Å². The van der Waals surface area contributed by atoms with Crippen LogP contribution in [0.5, 0.6) is 5.75 Å². The predicted molar refractivity (Wildman–Crippen MR) is 130 cm³/mol. The molecule has 0 heterocycles. The SMILES string of the molecule is COCCCCOc1ccccc1C(=O)N(Cl)C[C@@H](C[C@H](N)[C@@H](O)CNCC(C)=O)C(C)C. The number of halogens is 1. The molecule has 0 aliphatic carbocycles. The Morgan fingerprint density at radius 2 is 1.88 bits per heavy atom. The lowest BCUT2D eigenvalue weighted by Crippen LogP contribution is -2.45. The second kappa shape index (κ2) is 16.0. The quantitative estimate of drug-likeness (QED) is 0.229. The van der Waals surface area contributed by atoms with Gasteiger partial charge in [0.1, 0.15) is 11.5 Å². The molecule has 1 amide bonds. The van der Waals surface area contributed by atoms with Crippen LogP contribution >= 0.6 is 11.8 Å². The molecule has 9 heteroatoms. The Morgan fingerprint density at radius 1 is 1.21 bits per heavy atom. The van der Waals surface area contributed by atoms with Gasteiger partial charge in [-0.1, -0.05) is 26.0 Å². The highest BCUT2D eigenvalue weighted by molar-refractivity contribution is 6.24. The highest BCUT2D eigenvalue weighted by Gasteiger charge is 2.27. The summed E-state index contributed by atoms with van der Waals surface area (Å²) in [6, 6.07) is 6.53. The highest BCUT2D eigenvalue weighted by Crippen LogP contribution is 2.25. The minimum absolute atomic E-state index is 0.00800. The summed E-state index contributed by atoms with van der Waals surface area (Å²) in [5.41, 5.74) is 6.60. The molecular weight excluding hydrogens is 446 g/mol. The highest BCUT2D eigenvalue weighted by atomic mass is 35.5. The standard InChI is InChI=1S/C24H40ClN3O5/c1-17(2)19(13-21(26)22(30)15-27-14-18(3)29)16-28(25)24(31)20-9-5-6-10-23(20)33-12-8-7-11-32-4/h5-6,9-10,17,19,21-22,27,30H,7-8,11-16,26H2,1-4H3/t19-,21+,22+/m1/s1. The number of Topliss-reactive ketones (excluding diaryl/α,β-unsaturated/α-hetero) is 1. The lowest BCUT2D eigenvalue weighted by atomic mass is 9.87. The van der Waals surface area contributed by atoms with Gasteiger partial charge >= 0.3 is 0 Å². The molecule has 4 N–H and O–H groups in total. The summed E-state index contributed by atoms with van der Waals surface area (Å²) < 4.78 is 12.0. The number of nitrogens with one attached hydrogen (secondary N) is 1. The van der Waals surface area contributed by atoms with Crippen LogP contribution < -0.4 is 15.8 Å². The number of amides is 1. The molecule has 0 spiro atoms. The molecule has 8 nitrogen and oxygen atoms in total. The van der Waals surface area contributed by atoms with Crippen molar-refractivity contribution >= 4 is 23.5 Å². The van der Waals surface area contributed by atoms with Crippen molar-refractivity contribution in [3.05, 3.63) is 29.8 Å². The summed E-state index contributed by atoms with van der Waals surface area (Å²) in [5.74, 6) is 0.314. The van der Waals surface area contributed by atoms with E-state index in [2.05, 4.69) is 5.32 Å². The van der Waals surface area contributed by atoms with E-state index in [9.17, 15) is 14.7 Å². The number of nitrogens with two attached hydrogens (primary N) is 1. The molecule has 0 radical (unpaired) electrons. The van der Waals surface area contributed by atoms with E-state index in [1.54, 1.807) is 25.3 Å². The largest absolute Gasteiger partial charge is 0.493 e. The molecule has 1 aromatic carbocycles. The molecule has 33 heavy (non-hydrogen) atoms. The molecule has 0 saturated heterocycles. The smallest absolute Gasteiger partial charge is 0.271 e. The molecule has 0 aliphatic heterocycles. The molecule has 0 saturated carbocycles. The van der Waals surface area contributed by atoms with Crippen molar-refractivity contribution in [2.45, 2.75) is 52.2 Å². The van der Waals surface area contributed by atoms with Gasteiger partial charge in [-0.05, 0) is 50.2 Å². The van der Waals surface area contributed by atoms with Gasteiger partial charge in [0.25, 0.3) is 5.91 Å². The summed E-state index contributed by atoms with van der Waals surface area (Å²) in [6.45, 7) is 7.38. The van der Waals surface area contributed by atoms with Crippen LogP contribution in [0, 0.1) is 11.8 Å². The summed E-state index contributed by atoms with van der Waals surface area (Å²) >= 11 is 6.42. The van der Waals surface area contributed by atoms with E-state index in [0.717, 1.165) is 12.8 Å². The lowest BCUT2D eigenvalue weighted by molar-refractivity contribution is -0.116. The maximum atomic E-state index is 13.1. The number of hydrogen-bond acceptors (Lipinski definition) is 7. The normalized spacial score (nSPS) is 14.1. The Bertz CT molecular complexity index is 719. The van der Waals surface area contributed by atoms with Crippen LogP contribution in [0.15, 0.2) is 24.3 Å². The summed E-state index contributed by atoms with van der Waals surface area (Å²) in [5, 5.41) is 13.2. The van der Waals surface area contributed by atoms with Gasteiger partial charge in [0, 0.05) is 44.6 Å². The van der Waals surface area contributed by atoms with Gasteiger partial charge in [0.2, 0.25) is 0 Å². The number of benzene rings is 1. The summed E-state index contributed by atoms with van der Waals surface area (Å²) in [4.78, 5) is 24.1. The molecule has 3 atom stereocenters. The Kier molecular flexibility index (Phi) is 14.2. The number of carbonyl (C=O) groups is 2.